The molecule has 9 heteroatoms. The zero-order valence-electron chi connectivity index (χ0n) is 20.6. The number of nitrogens with one attached hydrogen (secondary N) is 1. The number of carbonyl (C=O) groups is 3. The second-order valence-corrected chi connectivity index (χ2v) is 11.9. The number of hydrogen-bond acceptors (Lipinski definition) is 5. The summed E-state index contributed by atoms with van der Waals surface area (Å²) < 4.78 is 26.4. The second kappa shape index (κ2) is 10.8. The number of amides is 3. The van der Waals surface area contributed by atoms with Gasteiger partial charge in [0.2, 0.25) is 18.2 Å². The fraction of sp³-hybridized carbons (Fsp3) is 0.667. The Bertz CT molecular complexity index is 1020. The minimum atomic E-state index is -2.15. The van der Waals surface area contributed by atoms with Crippen LogP contribution in [0.25, 0.3) is 0 Å². The lowest BCUT2D eigenvalue weighted by molar-refractivity contribution is -0.136. The average Bonchev–Trinajstić information content (AvgIpc) is 3.51. The third-order valence-corrected chi connectivity index (χ3v) is 9.69. The molecule has 5 rings (SSSR count). The van der Waals surface area contributed by atoms with Crippen molar-refractivity contribution >= 4 is 29.5 Å². The van der Waals surface area contributed by atoms with Crippen LogP contribution in [0.3, 0.4) is 0 Å². The van der Waals surface area contributed by atoms with Gasteiger partial charge in [-0.25, -0.2) is 8.78 Å². The first kappa shape index (κ1) is 25.6. The number of nitrogens with zero attached hydrogens (tertiary/aromatic N) is 2. The molecule has 1 aromatic carbocycles. The molecule has 3 unspecified atom stereocenters. The number of unbranched alkanes of at least 4 members (excludes halogenated alkanes) is 4. The molecule has 2 saturated heterocycles. The number of likely N-dealkylation sites (tertiary alicyclic amines) is 1. The zero-order chi connectivity index (χ0) is 25.3. The number of piperidine rings is 2. The lowest BCUT2D eigenvalue weighted by atomic mass is 9.95. The Kier molecular flexibility index (Phi) is 7.67. The van der Waals surface area contributed by atoms with Gasteiger partial charge in [-0.05, 0) is 74.6 Å². The first-order valence-electron chi connectivity index (χ1n) is 13.3. The first-order valence-corrected chi connectivity index (χ1v) is 14.3. The SMILES string of the molecule is O=C1CCC(N2Cc3c(SCCCCCCCN4CCC5(C(F)F)CC5C4)cccc3C2=O)C(=O)N1. The molecule has 1 saturated carbocycles. The van der Waals surface area contributed by atoms with Crippen LogP contribution in [0.15, 0.2) is 23.1 Å². The molecule has 0 spiro atoms. The van der Waals surface area contributed by atoms with E-state index in [-0.39, 0.29) is 30.1 Å². The van der Waals surface area contributed by atoms with Gasteiger partial charge in [0.25, 0.3) is 5.91 Å². The molecule has 3 heterocycles. The highest BCUT2D eigenvalue weighted by Crippen LogP contribution is 2.61. The molecule has 3 atom stereocenters. The molecule has 1 aromatic rings. The molecule has 196 valence electrons. The number of fused-ring (bicyclic) bond motifs is 2. The maximum Gasteiger partial charge on any atom is 0.255 e. The minimum absolute atomic E-state index is 0.128. The van der Waals surface area contributed by atoms with Crippen LogP contribution in [0.5, 0.6) is 0 Å². The summed E-state index contributed by atoms with van der Waals surface area (Å²) in [5.41, 5.74) is 1.02. The molecule has 0 bridgehead atoms. The predicted molar refractivity (Wildman–Crippen MR) is 134 cm³/mol. The quantitative estimate of drug-likeness (QED) is 0.266. The Morgan fingerprint density at radius 2 is 1.92 bits per heavy atom. The van der Waals surface area contributed by atoms with Crippen LogP contribution in [0.2, 0.25) is 0 Å². The summed E-state index contributed by atoms with van der Waals surface area (Å²) in [4.78, 5) is 41.8. The van der Waals surface area contributed by atoms with E-state index in [4.69, 9.17) is 0 Å². The third kappa shape index (κ3) is 5.19. The van der Waals surface area contributed by atoms with Gasteiger partial charge >= 0.3 is 0 Å². The molecule has 1 aliphatic carbocycles. The van der Waals surface area contributed by atoms with E-state index >= 15 is 0 Å². The fourth-order valence-corrected chi connectivity index (χ4v) is 7.24. The van der Waals surface area contributed by atoms with Crippen LogP contribution < -0.4 is 5.32 Å². The lowest BCUT2D eigenvalue weighted by Gasteiger charge is -2.31. The fourth-order valence-electron chi connectivity index (χ4n) is 6.14. The highest BCUT2D eigenvalue weighted by atomic mass is 32.2. The van der Waals surface area contributed by atoms with Crippen molar-refractivity contribution in [2.45, 2.75) is 81.7 Å². The van der Waals surface area contributed by atoms with E-state index in [1.165, 1.54) is 12.8 Å². The van der Waals surface area contributed by atoms with Crippen molar-refractivity contribution in [3.8, 4) is 0 Å². The summed E-state index contributed by atoms with van der Waals surface area (Å²) >= 11 is 1.77. The summed E-state index contributed by atoms with van der Waals surface area (Å²) in [5.74, 6) is 0.413. The molecule has 4 aliphatic rings. The molecule has 3 fully saturated rings. The van der Waals surface area contributed by atoms with Crippen LogP contribution in [0.1, 0.15) is 73.7 Å². The second-order valence-electron chi connectivity index (χ2n) is 10.8. The average molecular weight is 520 g/mol. The maximum atomic E-state index is 13.2. The van der Waals surface area contributed by atoms with Crippen molar-refractivity contribution < 1.29 is 23.2 Å². The molecule has 1 N–H and O–H groups in total. The van der Waals surface area contributed by atoms with Gasteiger partial charge in [0, 0.05) is 35.4 Å². The zero-order valence-corrected chi connectivity index (χ0v) is 21.5. The number of halogens is 2. The largest absolute Gasteiger partial charge is 0.322 e. The standard InChI is InChI=1S/C27H35F2N3O3S/c28-26(29)27-11-13-31(16-18(27)15-27)12-4-2-1-3-5-14-36-22-8-6-7-19-20(22)17-32(25(19)35)21-9-10-23(33)30-24(21)34/h6-8,18,21,26H,1-5,9-17H2,(H,30,33,34). The Morgan fingerprint density at radius 3 is 2.69 bits per heavy atom. The minimum Gasteiger partial charge on any atom is -0.322 e. The van der Waals surface area contributed by atoms with E-state index < -0.39 is 17.9 Å². The Hall–Kier alpha value is -2.00. The highest BCUT2D eigenvalue weighted by Gasteiger charge is 2.62. The van der Waals surface area contributed by atoms with Crippen molar-refractivity contribution in [2.24, 2.45) is 11.3 Å². The van der Waals surface area contributed by atoms with Crippen LogP contribution in [-0.2, 0) is 16.1 Å². The summed E-state index contributed by atoms with van der Waals surface area (Å²) in [6, 6.07) is 5.20. The van der Waals surface area contributed by atoms with Gasteiger partial charge in [-0.2, -0.15) is 0 Å². The highest BCUT2D eigenvalue weighted by molar-refractivity contribution is 7.99. The van der Waals surface area contributed by atoms with E-state index in [1.54, 1.807) is 16.7 Å². The smallest absolute Gasteiger partial charge is 0.255 e. The van der Waals surface area contributed by atoms with Gasteiger partial charge in [0.15, 0.2) is 0 Å². The summed E-state index contributed by atoms with van der Waals surface area (Å²) in [5, 5.41) is 2.35. The molecule has 3 amide bonds. The Balaban J connectivity index is 0.995. The number of benzene rings is 1. The van der Waals surface area contributed by atoms with E-state index in [2.05, 4.69) is 10.2 Å². The lowest BCUT2D eigenvalue weighted by Crippen LogP contribution is -2.52. The van der Waals surface area contributed by atoms with E-state index in [1.807, 2.05) is 18.2 Å². The number of rotatable bonds is 11. The number of carbonyl (C=O) groups excluding carboxylic acids is 3. The topological polar surface area (TPSA) is 69.7 Å². The van der Waals surface area contributed by atoms with E-state index in [0.29, 0.717) is 31.4 Å². The summed E-state index contributed by atoms with van der Waals surface area (Å²) in [6.45, 7) is 3.12. The normalized spacial score (nSPS) is 27.9. The van der Waals surface area contributed by atoms with Crippen LogP contribution in [-0.4, -0.2) is 65.4 Å². The Morgan fingerprint density at radius 1 is 1.11 bits per heavy atom. The van der Waals surface area contributed by atoms with Crippen molar-refractivity contribution in [2.75, 3.05) is 25.4 Å². The van der Waals surface area contributed by atoms with Gasteiger partial charge in [0.05, 0.1) is 0 Å². The van der Waals surface area contributed by atoms with Crippen LogP contribution >= 0.6 is 11.8 Å². The Labute approximate surface area is 215 Å². The van der Waals surface area contributed by atoms with Gasteiger partial charge in [-0.1, -0.05) is 25.3 Å². The monoisotopic (exact) mass is 519 g/mol. The molecular formula is C27H35F2N3O3S. The number of imide groups is 1. The first-order chi connectivity index (χ1) is 17.4. The van der Waals surface area contributed by atoms with Gasteiger partial charge in [0.1, 0.15) is 6.04 Å². The molecule has 3 aliphatic heterocycles. The van der Waals surface area contributed by atoms with Crippen molar-refractivity contribution in [3.05, 3.63) is 29.3 Å². The molecular weight excluding hydrogens is 484 g/mol. The molecule has 0 radical (unpaired) electrons. The van der Waals surface area contributed by atoms with Gasteiger partial charge in [-0.3, -0.25) is 19.7 Å². The van der Waals surface area contributed by atoms with Gasteiger partial charge < -0.3 is 9.80 Å². The van der Waals surface area contributed by atoms with Gasteiger partial charge in [-0.15, -0.1) is 11.8 Å². The number of alkyl halides is 2. The van der Waals surface area contributed by atoms with Crippen LogP contribution in [0.4, 0.5) is 8.78 Å². The maximum absolute atomic E-state index is 13.2. The van der Waals surface area contributed by atoms with E-state index in [9.17, 15) is 23.2 Å². The van der Waals surface area contributed by atoms with E-state index in [0.717, 1.165) is 55.1 Å². The molecule has 0 aromatic heterocycles. The summed E-state index contributed by atoms with van der Waals surface area (Å²) in [7, 11) is 0. The molecule has 36 heavy (non-hydrogen) atoms. The van der Waals surface area contributed by atoms with Crippen LogP contribution in [0, 0.1) is 11.3 Å². The number of thioether (sulfide) groups is 1. The number of hydrogen-bond donors (Lipinski definition) is 1. The summed E-state index contributed by atoms with van der Waals surface area (Å²) in [6.07, 6.45) is 5.59. The van der Waals surface area contributed by atoms with Crippen molar-refractivity contribution in [3.63, 3.8) is 0 Å². The predicted octanol–water partition coefficient (Wildman–Crippen LogP) is 4.47. The van der Waals surface area contributed by atoms with Crippen molar-refractivity contribution in [1.82, 2.24) is 15.1 Å². The van der Waals surface area contributed by atoms with Crippen molar-refractivity contribution in [1.29, 1.82) is 0 Å². The third-order valence-electron chi connectivity index (χ3n) is 8.50. The molecule has 6 nitrogen and oxygen atoms in total.